The van der Waals surface area contributed by atoms with Gasteiger partial charge in [0.05, 0.1) is 10.7 Å². The van der Waals surface area contributed by atoms with Crippen molar-refractivity contribution in [2.75, 3.05) is 13.2 Å². The van der Waals surface area contributed by atoms with E-state index in [9.17, 15) is 29.9 Å². The number of allylic oxidation sites excluding steroid dienone is 1. The molecule has 164 valence electrons. The first-order valence-corrected chi connectivity index (χ1v) is 9.35. The van der Waals surface area contributed by atoms with E-state index in [1.165, 1.54) is 24.3 Å². The number of carboxylic acids is 1. The molecule has 0 saturated heterocycles. The molecule has 1 amide bonds. The van der Waals surface area contributed by atoms with Crippen molar-refractivity contribution >= 4 is 17.7 Å². The average Bonchev–Trinajstić information content (AvgIpc) is 2.69. The van der Waals surface area contributed by atoms with Crippen LogP contribution >= 0.6 is 0 Å². The Hall–Kier alpha value is -3.18. The predicted molar refractivity (Wildman–Crippen MR) is 103 cm³/mol. The van der Waals surface area contributed by atoms with Gasteiger partial charge in [-0.05, 0) is 24.5 Å². The SMILES string of the molecule is O=C(O)CCCCNC(=O)OC[C@H]1OC(Cc2cccc([N+](=O)[O-])c2)=C[C@@H](O)[C@@H]1O. The zero-order valence-electron chi connectivity index (χ0n) is 16.1. The Balaban J connectivity index is 1.84. The van der Waals surface area contributed by atoms with Gasteiger partial charge in [0, 0.05) is 31.5 Å². The van der Waals surface area contributed by atoms with Crippen molar-refractivity contribution in [1.82, 2.24) is 5.32 Å². The van der Waals surface area contributed by atoms with E-state index in [-0.39, 0.29) is 37.4 Å². The summed E-state index contributed by atoms with van der Waals surface area (Å²) in [5, 5.41) is 42.0. The standard InChI is InChI=1S/C19H24N2O9/c22-15-10-14(9-12-4-3-5-13(8-12)21(27)28)30-16(18(15)25)11-29-19(26)20-7-2-1-6-17(23)24/h3-5,8,10,15-16,18,22,25H,1-2,6-7,9,11H2,(H,20,26)(H,23,24)/t15-,16-,18+/m1/s1. The molecule has 1 aliphatic heterocycles. The quantitative estimate of drug-likeness (QED) is 0.244. The Kier molecular flexibility index (Phi) is 8.56. The number of nitrogens with one attached hydrogen (secondary N) is 1. The molecule has 1 aliphatic rings. The molecule has 0 radical (unpaired) electrons. The molecule has 0 saturated carbocycles. The first-order valence-electron chi connectivity index (χ1n) is 9.35. The number of alkyl carbamates (subject to hydrolysis) is 1. The van der Waals surface area contributed by atoms with Crippen LogP contribution in [0.3, 0.4) is 0 Å². The molecule has 0 unspecified atom stereocenters. The number of carbonyl (C=O) groups excluding carboxylic acids is 1. The number of aliphatic carboxylic acids is 1. The molecule has 0 aromatic heterocycles. The van der Waals surface area contributed by atoms with Crippen molar-refractivity contribution in [3.05, 3.63) is 51.8 Å². The maximum atomic E-state index is 11.7. The number of unbranched alkanes of at least 4 members (excludes halogenated alkanes) is 1. The number of aliphatic hydroxyl groups is 2. The first-order chi connectivity index (χ1) is 14.3. The average molecular weight is 424 g/mol. The van der Waals surface area contributed by atoms with Crippen molar-refractivity contribution < 1.29 is 39.3 Å². The summed E-state index contributed by atoms with van der Waals surface area (Å²) in [5.74, 6) is -0.621. The van der Waals surface area contributed by atoms with E-state index in [1.54, 1.807) is 6.07 Å². The lowest BCUT2D eigenvalue weighted by Crippen LogP contribution is -2.45. The third-order valence-electron chi connectivity index (χ3n) is 4.36. The fraction of sp³-hybridized carbons (Fsp3) is 0.474. The van der Waals surface area contributed by atoms with Crippen molar-refractivity contribution in [1.29, 1.82) is 0 Å². The summed E-state index contributed by atoms with van der Waals surface area (Å²) in [6.45, 7) is -0.0911. The molecule has 30 heavy (non-hydrogen) atoms. The number of ether oxygens (including phenoxy) is 2. The fourth-order valence-corrected chi connectivity index (χ4v) is 2.83. The molecule has 1 aromatic rings. The number of hydrogen-bond acceptors (Lipinski definition) is 8. The fourth-order valence-electron chi connectivity index (χ4n) is 2.83. The normalized spacial score (nSPS) is 20.6. The molecule has 0 aliphatic carbocycles. The number of hydrogen-bond donors (Lipinski definition) is 4. The van der Waals surface area contributed by atoms with Crippen LogP contribution in [0.15, 0.2) is 36.1 Å². The number of nitro benzene ring substituents is 1. The number of benzene rings is 1. The van der Waals surface area contributed by atoms with Gasteiger partial charge in [0.2, 0.25) is 0 Å². The van der Waals surface area contributed by atoms with Gasteiger partial charge in [-0.1, -0.05) is 12.1 Å². The lowest BCUT2D eigenvalue weighted by Gasteiger charge is -2.31. The summed E-state index contributed by atoms with van der Waals surface area (Å²) in [5.41, 5.74) is 0.502. The van der Waals surface area contributed by atoms with Gasteiger partial charge in [-0.3, -0.25) is 14.9 Å². The minimum Gasteiger partial charge on any atom is -0.488 e. The third kappa shape index (κ3) is 7.33. The van der Waals surface area contributed by atoms with Crippen LogP contribution in [0.1, 0.15) is 24.8 Å². The highest BCUT2D eigenvalue weighted by atomic mass is 16.6. The molecule has 0 fully saturated rings. The van der Waals surface area contributed by atoms with Crippen molar-refractivity contribution in [2.45, 2.75) is 44.0 Å². The Morgan fingerprint density at radius 2 is 2.03 bits per heavy atom. The third-order valence-corrected chi connectivity index (χ3v) is 4.36. The summed E-state index contributed by atoms with van der Waals surface area (Å²) < 4.78 is 10.6. The molecule has 11 nitrogen and oxygen atoms in total. The highest BCUT2D eigenvalue weighted by Gasteiger charge is 2.33. The van der Waals surface area contributed by atoms with E-state index in [2.05, 4.69) is 5.32 Å². The Morgan fingerprint density at radius 3 is 2.73 bits per heavy atom. The van der Waals surface area contributed by atoms with Crippen molar-refractivity contribution in [3.8, 4) is 0 Å². The van der Waals surface area contributed by atoms with Crippen LogP contribution < -0.4 is 5.32 Å². The predicted octanol–water partition coefficient (Wildman–Crippen LogP) is 1.12. The zero-order chi connectivity index (χ0) is 22.1. The van der Waals surface area contributed by atoms with E-state index in [0.29, 0.717) is 18.4 Å². The molecule has 4 N–H and O–H groups in total. The summed E-state index contributed by atoms with van der Waals surface area (Å²) >= 11 is 0. The number of aliphatic hydroxyl groups excluding tert-OH is 2. The molecular weight excluding hydrogens is 400 g/mol. The second kappa shape index (κ2) is 11.1. The Labute approximate surface area is 172 Å². The molecule has 11 heteroatoms. The van der Waals surface area contributed by atoms with Crippen LogP contribution in [0.5, 0.6) is 0 Å². The summed E-state index contributed by atoms with van der Waals surface area (Å²) in [4.78, 5) is 32.5. The van der Waals surface area contributed by atoms with Crippen LogP contribution in [0, 0.1) is 10.1 Å². The minimum atomic E-state index is -1.32. The smallest absolute Gasteiger partial charge is 0.407 e. The lowest BCUT2D eigenvalue weighted by molar-refractivity contribution is -0.384. The van der Waals surface area contributed by atoms with E-state index in [1.807, 2.05) is 0 Å². The summed E-state index contributed by atoms with van der Waals surface area (Å²) in [6, 6.07) is 5.93. The Morgan fingerprint density at radius 1 is 1.27 bits per heavy atom. The number of carbonyl (C=O) groups is 2. The topological polar surface area (TPSA) is 168 Å². The van der Waals surface area contributed by atoms with Crippen LogP contribution in [0.2, 0.25) is 0 Å². The second-order valence-electron chi connectivity index (χ2n) is 6.75. The van der Waals surface area contributed by atoms with Gasteiger partial charge < -0.3 is 30.1 Å². The number of nitrogens with zero attached hydrogens (tertiary/aromatic N) is 1. The minimum absolute atomic E-state index is 0.0103. The van der Waals surface area contributed by atoms with E-state index >= 15 is 0 Å². The van der Waals surface area contributed by atoms with E-state index in [0.717, 1.165) is 0 Å². The van der Waals surface area contributed by atoms with E-state index < -0.39 is 35.3 Å². The number of carboxylic acid groups (broad SMARTS) is 1. The number of non-ortho nitro benzene ring substituents is 1. The number of rotatable bonds is 10. The monoisotopic (exact) mass is 424 g/mol. The lowest BCUT2D eigenvalue weighted by atomic mass is 10.0. The highest BCUT2D eigenvalue weighted by molar-refractivity contribution is 5.67. The van der Waals surface area contributed by atoms with Gasteiger partial charge in [-0.25, -0.2) is 4.79 Å². The number of nitro groups is 1. The summed E-state index contributed by atoms with van der Waals surface area (Å²) in [6.07, 6.45) is -1.99. The maximum absolute atomic E-state index is 11.7. The molecule has 1 aromatic carbocycles. The van der Waals surface area contributed by atoms with Crippen molar-refractivity contribution in [2.24, 2.45) is 0 Å². The van der Waals surface area contributed by atoms with Gasteiger partial charge in [0.25, 0.3) is 5.69 Å². The van der Waals surface area contributed by atoms with Crippen LogP contribution in [0.25, 0.3) is 0 Å². The van der Waals surface area contributed by atoms with Gasteiger partial charge >= 0.3 is 12.1 Å². The van der Waals surface area contributed by atoms with E-state index in [4.69, 9.17) is 14.6 Å². The van der Waals surface area contributed by atoms with Crippen LogP contribution in [0.4, 0.5) is 10.5 Å². The highest BCUT2D eigenvalue weighted by Crippen LogP contribution is 2.23. The second-order valence-corrected chi connectivity index (χ2v) is 6.75. The maximum Gasteiger partial charge on any atom is 0.407 e. The van der Waals surface area contributed by atoms with Gasteiger partial charge in [0.15, 0.2) is 6.10 Å². The van der Waals surface area contributed by atoms with Gasteiger partial charge in [0.1, 0.15) is 18.8 Å². The zero-order valence-corrected chi connectivity index (χ0v) is 16.1. The van der Waals surface area contributed by atoms with Crippen molar-refractivity contribution in [3.63, 3.8) is 0 Å². The number of amides is 1. The molecular formula is C19H24N2O9. The largest absolute Gasteiger partial charge is 0.488 e. The van der Waals surface area contributed by atoms with Gasteiger partial charge in [-0.15, -0.1) is 0 Å². The molecule has 2 rings (SSSR count). The Bertz CT molecular complexity index is 796. The summed E-state index contributed by atoms with van der Waals surface area (Å²) in [7, 11) is 0. The van der Waals surface area contributed by atoms with Crippen LogP contribution in [-0.2, 0) is 20.7 Å². The van der Waals surface area contributed by atoms with Crippen LogP contribution in [-0.4, -0.2) is 63.8 Å². The molecule has 1 heterocycles. The first kappa shape index (κ1) is 23.1. The molecule has 3 atom stereocenters. The van der Waals surface area contributed by atoms with Gasteiger partial charge in [-0.2, -0.15) is 0 Å². The molecule has 0 spiro atoms. The molecule has 0 bridgehead atoms.